The lowest BCUT2D eigenvalue weighted by molar-refractivity contribution is 0.0601. The summed E-state index contributed by atoms with van der Waals surface area (Å²) in [6.45, 7) is 0. The Labute approximate surface area is 160 Å². The summed E-state index contributed by atoms with van der Waals surface area (Å²) >= 11 is 12.1. The molecule has 1 aromatic heterocycles. The van der Waals surface area contributed by atoms with Gasteiger partial charge in [0.05, 0.1) is 23.4 Å². The molecule has 0 fully saturated rings. The molecule has 0 unspecified atom stereocenters. The highest BCUT2D eigenvalue weighted by molar-refractivity contribution is 6.35. The Bertz CT molecular complexity index is 933. The number of carbonyl (C=O) groups is 1. The summed E-state index contributed by atoms with van der Waals surface area (Å²) in [4.78, 5) is 20.0. The van der Waals surface area contributed by atoms with Crippen LogP contribution >= 0.6 is 23.2 Å². The molecule has 0 saturated carbocycles. The first kappa shape index (κ1) is 18.0. The number of ether oxygens (including phenoxy) is 1. The van der Waals surface area contributed by atoms with E-state index >= 15 is 0 Å². The topological polar surface area (TPSA) is 76.1 Å². The molecule has 1 heterocycles. The molecule has 0 saturated heterocycles. The van der Waals surface area contributed by atoms with Gasteiger partial charge in [0, 0.05) is 16.9 Å². The van der Waals surface area contributed by atoms with Gasteiger partial charge in [-0.25, -0.2) is 9.78 Å². The molecule has 132 valence electrons. The molecular formula is C18H14Cl2N4O2. The summed E-state index contributed by atoms with van der Waals surface area (Å²) < 4.78 is 4.68. The van der Waals surface area contributed by atoms with Gasteiger partial charge in [-0.1, -0.05) is 23.2 Å². The fourth-order valence-electron chi connectivity index (χ4n) is 2.16. The molecule has 3 rings (SSSR count). The van der Waals surface area contributed by atoms with E-state index in [-0.39, 0.29) is 5.97 Å². The Morgan fingerprint density at radius 2 is 1.81 bits per heavy atom. The van der Waals surface area contributed by atoms with E-state index in [0.29, 0.717) is 33.1 Å². The van der Waals surface area contributed by atoms with Gasteiger partial charge < -0.3 is 15.4 Å². The van der Waals surface area contributed by atoms with E-state index in [2.05, 4.69) is 25.3 Å². The zero-order valence-electron chi connectivity index (χ0n) is 13.7. The largest absolute Gasteiger partial charge is 0.465 e. The number of hydrogen-bond donors (Lipinski definition) is 2. The van der Waals surface area contributed by atoms with Gasteiger partial charge in [-0.3, -0.25) is 0 Å². The van der Waals surface area contributed by atoms with Crippen LogP contribution in [0.25, 0.3) is 0 Å². The molecule has 0 bridgehead atoms. The van der Waals surface area contributed by atoms with Crippen LogP contribution < -0.4 is 10.6 Å². The number of carbonyl (C=O) groups excluding carboxylic acids is 1. The fraction of sp³-hybridized carbons (Fsp3) is 0.0556. The first-order valence-corrected chi connectivity index (χ1v) is 8.31. The lowest BCUT2D eigenvalue weighted by atomic mass is 10.2. The van der Waals surface area contributed by atoms with Crippen molar-refractivity contribution in [2.45, 2.75) is 0 Å². The first-order valence-electron chi connectivity index (χ1n) is 7.55. The molecule has 3 aromatic rings. The maximum Gasteiger partial charge on any atom is 0.337 e. The van der Waals surface area contributed by atoms with Gasteiger partial charge in [-0.15, -0.1) is 0 Å². The number of benzene rings is 2. The number of rotatable bonds is 5. The van der Waals surface area contributed by atoms with Gasteiger partial charge >= 0.3 is 5.97 Å². The number of anilines is 4. The SMILES string of the molecule is COC(=O)c1ccc(Nc2ccnc(Nc3cc(Cl)ccc3Cl)n2)cc1. The van der Waals surface area contributed by atoms with Gasteiger partial charge in [0.25, 0.3) is 0 Å². The Hall–Kier alpha value is -2.83. The lowest BCUT2D eigenvalue weighted by Crippen LogP contribution is -2.02. The third-order valence-corrected chi connectivity index (χ3v) is 3.97. The van der Waals surface area contributed by atoms with Crippen LogP contribution in [0.3, 0.4) is 0 Å². The molecule has 6 nitrogen and oxygen atoms in total. The van der Waals surface area contributed by atoms with Crippen molar-refractivity contribution < 1.29 is 9.53 Å². The van der Waals surface area contributed by atoms with E-state index in [0.717, 1.165) is 5.69 Å². The fourth-order valence-corrected chi connectivity index (χ4v) is 2.49. The van der Waals surface area contributed by atoms with Gasteiger partial charge in [0.2, 0.25) is 5.95 Å². The van der Waals surface area contributed by atoms with Crippen LogP contribution in [-0.2, 0) is 4.74 Å². The van der Waals surface area contributed by atoms with Crippen molar-refractivity contribution in [3.05, 3.63) is 70.3 Å². The van der Waals surface area contributed by atoms with Crippen molar-refractivity contribution in [1.82, 2.24) is 9.97 Å². The molecule has 26 heavy (non-hydrogen) atoms. The second kappa shape index (κ2) is 8.03. The molecule has 8 heteroatoms. The lowest BCUT2D eigenvalue weighted by Gasteiger charge is -2.10. The number of nitrogens with one attached hydrogen (secondary N) is 2. The monoisotopic (exact) mass is 388 g/mol. The van der Waals surface area contributed by atoms with Gasteiger partial charge in [-0.05, 0) is 48.5 Å². The molecule has 0 radical (unpaired) electrons. The molecule has 0 atom stereocenters. The van der Waals surface area contributed by atoms with Crippen LogP contribution in [0, 0.1) is 0 Å². The number of methoxy groups -OCH3 is 1. The van der Waals surface area contributed by atoms with E-state index in [1.165, 1.54) is 7.11 Å². The van der Waals surface area contributed by atoms with Crippen LogP contribution in [0.5, 0.6) is 0 Å². The van der Waals surface area contributed by atoms with Crippen LogP contribution in [0.4, 0.5) is 23.1 Å². The number of aromatic nitrogens is 2. The minimum absolute atomic E-state index is 0.366. The Kier molecular flexibility index (Phi) is 5.55. The highest BCUT2D eigenvalue weighted by Crippen LogP contribution is 2.27. The van der Waals surface area contributed by atoms with Crippen LogP contribution in [0.2, 0.25) is 10.0 Å². The maximum absolute atomic E-state index is 11.5. The second-order valence-corrected chi connectivity index (χ2v) is 6.05. The zero-order valence-corrected chi connectivity index (χ0v) is 15.2. The van der Waals surface area contributed by atoms with Crippen molar-refractivity contribution in [3.8, 4) is 0 Å². The Morgan fingerprint density at radius 3 is 2.54 bits per heavy atom. The molecule has 2 N–H and O–H groups in total. The predicted molar refractivity (Wildman–Crippen MR) is 103 cm³/mol. The molecule has 0 aliphatic carbocycles. The number of nitrogens with zero attached hydrogens (tertiary/aromatic N) is 2. The second-order valence-electron chi connectivity index (χ2n) is 5.21. The number of halogens is 2. The van der Waals surface area contributed by atoms with E-state index in [4.69, 9.17) is 23.2 Å². The van der Waals surface area contributed by atoms with E-state index < -0.39 is 0 Å². The maximum atomic E-state index is 11.5. The van der Waals surface area contributed by atoms with E-state index in [9.17, 15) is 4.79 Å². The summed E-state index contributed by atoms with van der Waals surface area (Å²) in [5, 5.41) is 7.23. The van der Waals surface area contributed by atoms with Gasteiger partial charge in [0.1, 0.15) is 5.82 Å². The average Bonchev–Trinajstić information content (AvgIpc) is 2.65. The summed E-state index contributed by atoms with van der Waals surface area (Å²) in [6, 6.07) is 13.7. The van der Waals surface area contributed by atoms with E-state index in [1.807, 2.05) is 0 Å². The van der Waals surface area contributed by atoms with Gasteiger partial charge in [-0.2, -0.15) is 4.98 Å². The number of esters is 1. The number of hydrogen-bond acceptors (Lipinski definition) is 6. The summed E-state index contributed by atoms with van der Waals surface area (Å²) in [7, 11) is 1.34. The molecule has 0 amide bonds. The Morgan fingerprint density at radius 1 is 1.04 bits per heavy atom. The van der Waals surface area contributed by atoms with Crippen molar-refractivity contribution in [2.75, 3.05) is 17.7 Å². The first-order chi connectivity index (χ1) is 12.5. The third kappa shape index (κ3) is 4.41. The third-order valence-electron chi connectivity index (χ3n) is 3.41. The van der Waals surface area contributed by atoms with Crippen LogP contribution in [0.1, 0.15) is 10.4 Å². The zero-order chi connectivity index (χ0) is 18.5. The predicted octanol–water partition coefficient (Wildman–Crippen LogP) is 5.06. The minimum atomic E-state index is -0.386. The van der Waals surface area contributed by atoms with Crippen LogP contribution in [-0.4, -0.2) is 23.0 Å². The quantitative estimate of drug-likeness (QED) is 0.595. The summed E-state index contributed by atoms with van der Waals surface area (Å²) in [5.41, 5.74) is 1.85. The normalized spacial score (nSPS) is 10.3. The van der Waals surface area contributed by atoms with E-state index in [1.54, 1.807) is 54.7 Å². The van der Waals surface area contributed by atoms with Gasteiger partial charge in [0.15, 0.2) is 0 Å². The Balaban J connectivity index is 1.75. The minimum Gasteiger partial charge on any atom is -0.465 e. The molecule has 0 aliphatic rings. The summed E-state index contributed by atoms with van der Waals surface area (Å²) in [6.07, 6.45) is 1.61. The van der Waals surface area contributed by atoms with Crippen LogP contribution in [0.15, 0.2) is 54.7 Å². The molecule has 2 aromatic carbocycles. The van der Waals surface area contributed by atoms with Crippen molar-refractivity contribution in [2.24, 2.45) is 0 Å². The smallest absolute Gasteiger partial charge is 0.337 e. The standard InChI is InChI=1S/C18H14Cl2N4O2/c1-26-17(25)11-2-5-13(6-3-11)22-16-8-9-21-18(24-16)23-15-10-12(19)4-7-14(15)20/h2-10H,1H3,(H2,21,22,23,24). The summed E-state index contributed by atoms with van der Waals surface area (Å²) in [5.74, 6) is 0.556. The molecule has 0 aliphatic heterocycles. The highest BCUT2D eigenvalue weighted by Gasteiger charge is 2.07. The molecule has 0 spiro atoms. The average molecular weight is 389 g/mol. The van der Waals surface area contributed by atoms with Crippen molar-refractivity contribution >= 4 is 52.3 Å². The van der Waals surface area contributed by atoms with Crippen molar-refractivity contribution in [1.29, 1.82) is 0 Å². The van der Waals surface area contributed by atoms with Crippen molar-refractivity contribution in [3.63, 3.8) is 0 Å². The highest BCUT2D eigenvalue weighted by atomic mass is 35.5. The molecular weight excluding hydrogens is 375 g/mol.